The quantitative estimate of drug-likeness (QED) is 0.121. The predicted molar refractivity (Wildman–Crippen MR) is 288 cm³/mol. The second kappa shape index (κ2) is 1320. The van der Waals surface area contributed by atoms with E-state index < -0.39 is 11.9 Å². The maximum absolute atomic E-state index is 10.8. The molecule has 0 heterocycles. The lowest BCUT2D eigenvalue weighted by Gasteiger charge is -2.05. The van der Waals surface area contributed by atoms with Crippen LogP contribution in [0.15, 0.2) is 301 Å². The first kappa shape index (κ1) is 155. The fourth-order valence-electron chi connectivity index (χ4n) is 0.515. The van der Waals surface area contributed by atoms with E-state index in [2.05, 4.69) is 299 Å². The van der Waals surface area contributed by atoms with Gasteiger partial charge in [0.1, 0.15) is 13.2 Å². The van der Waals surface area contributed by atoms with E-state index in [1.807, 2.05) is 0 Å². The van der Waals surface area contributed by atoms with Crippen molar-refractivity contribution in [2.45, 2.75) is 13.8 Å². The monoisotopic (exact) mass is 787 g/mol. The van der Waals surface area contributed by atoms with Gasteiger partial charge in [0.15, 0.2) is 0 Å². The van der Waals surface area contributed by atoms with Crippen molar-refractivity contribution in [1.29, 1.82) is 0 Å². The van der Waals surface area contributed by atoms with Gasteiger partial charge in [-0.05, 0) is 13.8 Å². The SMILES string of the molecule is C=C.C=C.C=C.C=C.C=C.C=C.C=C.C=C.C=C.C=C.C=C.C=C.C=C.C=C.C=C.C=C.C=C.C=C.C=C.C=C.C=C.C=C(C)C(=O)OCCOC(=O)C(=C)C. The lowest BCUT2D eigenvalue weighted by molar-refractivity contribution is -0.147. The standard InChI is InChI=1S/C10H14O4.21C2H4/c1-7(2)9(11)13-5-6-14-10(12)8(3)4;21*1-2/h1,3,5-6H2,2,4H3;21*1-2H2. The number of hydrogen-bond acceptors (Lipinski definition) is 4. The Bertz CT molecular complexity index is 435. The first-order valence-corrected chi connectivity index (χ1v) is 14.6. The van der Waals surface area contributed by atoms with Gasteiger partial charge in [0.05, 0.1) is 0 Å². The van der Waals surface area contributed by atoms with Gasteiger partial charge < -0.3 is 9.47 Å². The normalized spacial score (nSPS) is 3.75. The van der Waals surface area contributed by atoms with Crippen molar-refractivity contribution in [2.75, 3.05) is 13.2 Å². The lowest BCUT2D eigenvalue weighted by Crippen LogP contribution is -2.14. The molecule has 4 nitrogen and oxygen atoms in total. The molecule has 0 amide bonds. The molecule has 0 saturated carbocycles. The summed E-state index contributed by atoms with van der Waals surface area (Å²) in [4.78, 5) is 21.7. The van der Waals surface area contributed by atoms with Crippen LogP contribution in [-0.2, 0) is 19.1 Å². The molecule has 0 fully saturated rings. The second-order valence-electron chi connectivity index (χ2n) is 2.83. The molecule has 0 aliphatic heterocycles. The average molecular weight is 787 g/mol. The smallest absolute Gasteiger partial charge is 0.333 e. The van der Waals surface area contributed by atoms with Crippen molar-refractivity contribution < 1.29 is 19.1 Å². The third-order valence-corrected chi connectivity index (χ3v) is 1.25. The zero-order valence-corrected chi connectivity index (χ0v) is 38.2. The molecule has 0 unspecified atom stereocenters. The molecule has 0 aromatic carbocycles. The van der Waals surface area contributed by atoms with Gasteiger partial charge in [-0.25, -0.2) is 9.59 Å². The Hall–Kier alpha value is -7.04. The Labute approximate surface area is 357 Å². The summed E-state index contributed by atoms with van der Waals surface area (Å²) in [7, 11) is 0. The summed E-state index contributed by atoms with van der Waals surface area (Å²) in [5.74, 6) is -0.979. The van der Waals surface area contributed by atoms with Crippen LogP contribution in [0.25, 0.3) is 0 Å². The highest BCUT2D eigenvalue weighted by atomic mass is 16.6. The molecule has 0 spiro atoms. The number of carbonyl (C=O) groups is 2. The van der Waals surface area contributed by atoms with Crippen molar-refractivity contribution >= 4 is 11.9 Å². The van der Waals surface area contributed by atoms with Crippen LogP contribution in [0, 0.1) is 0 Å². The van der Waals surface area contributed by atoms with E-state index in [4.69, 9.17) is 0 Å². The highest BCUT2D eigenvalue weighted by molar-refractivity contribution is 5.87. The Morgan fingerprint density at radius 2 is 0.321 bits per heavy atom. The van der Waals surface area contributed by atoms with Crippen molar-refractivity contribution in [3.05, 3.63) is 301 Å². The van der Waals surface area contributed by atoms with Gasteiger partial charge in [-0.15, -0.1) is 276 Å². The van der Waals surface area contributed by atoms with E-state index in [1.165, 1.54) is 0 Å². The molecule has 0 atom stereocenters. The van der Waals surface area contributed by atoms with Crippen LogP contribution >= 0.6 is 0 Å². The molecular formula is C52H98O4. The molecule has 0 rings (SSSR count). The van der Waals surface area contributed by atoms with E-state index in [0.717, 1.165) is 0 Å². The summed E-state index contributed by atoms with van der Waals surface area (Å²) >= 11 is 0. The summed E-state index contributed by atoms with van der Waals surface area (Å²) < 4.78 is 9.38. The summed E-state index contributed by atoms with van der Waals surface area (Å²) in [5.41, 5.74) is 0.632. The van der Waals surface area contributed by atoms with Crippen molar-refractivity contribution in [1.82, 2.24) is 0 Å². The zero-order chi connectivity index (χ0) is 53.1. The van der Waals surface area contributed by atoms with Gasteiger partial charge in [-0.2, -0.15) is 0 Å². The average Bonchev–Trinajstić information content (AvgIpc) is 3.38. The lowest BCUT2D eigenvalue weighted by atomic mass is 10.4. The van der Waals surface area contributed by atoms with E-state index in [9.17, 15) is 9.59 Å². The Morgan fingerprint density at radius 1 is 0.250 bits per heavy atom. The summed E-state index contributed by atoms with van der Waals surface area (Å²) in [6.45, 7) is 136. The maximum atomic E-state index is 10.8. The van der Waals surface area contributed by atoms with Gasteiger partial charge in [0, 0.05) is 11.1 Å². The fraction of sp³-hybridized carbons (Fsp3) is 0.0769. The molecule has 56 heavy (non-hydrogen) atoms. The third-order valence-electron chi connectivity index (χ3n) is 1.25. The summed E-state index contributed by atoms with van der Waals surface area (Å²) in [6.07, 6.45) is 0. The molecule has 0 N–H and O–H groups in total. The van der Waals surface area contributed by atoms with E-state index >= 15 is 0 Å². The molecular weight excluding hydrogens is 689 g/mol. The highest BCUT2D eigenvalue weighted by Gasteiger charge is 2.05. The van der Waals surface area contributed by atoms with Crippen molar-refractivity contribution in [3.8, 4) is 0 Å². The Morgan fingerprint density at radius 3 is 0.375 bits per heavy atom. The number of ether oxygens (including phenoxy) is 2. The van der Waals surface area contributed by atoms with Crippen LogP contribution < -0.4 is 0 Å². The zero-order valence-electron chi connectivity index (χ0n) is 38.2. The topological polar surface area (TPSA) is 52.6 Å². The van der Waals surface area contributed by atoms with Crippen LogP contribution in [-0.4, -0.2) is 25.2 Å². The largest absolute Gasteiger partial charge is 0.459 e. The van der Waals surface area contributed by atoms with E-state index in [0.29, 0.717) is 11.1 Å². The molecule has 0 bridgehead atoms. The van der Waals surface area contributed by atoms with Crippen molar-refractivity contribution in [2.24, 2.45) is 0 Å². The minimum atomic E-state index is -0.489. The molecule has 0 aliphatic rings. The summed E-state index contributed by atoms with van der Waals surface area (Å²) in [5, 5.41) is 0. The first-order chi connectivity index (χ1) is 27.4. The Balaban J connectivity index is -0.0000000119. The van der Waals surface area contributed by atoms with E-state index in [-0.39, 0.29) is 13.2 Å². The van der Waals surface area contributed by atoms with Crippen LogP contribution in [0.5, 0.6) is 0 Å². The summed E-state index contributed by atoms with van der Waals surface area (Å²) in [6, 6.07) is 0. The molecule has 4 heteroatoms. The van der Waals surface area contributed by atoms with Crippen LogP contribution in [0.1, 0.15) is 13.8 Å². The van der Waals surface area contributed by atoms with Gasteiger partial charge in [0.2, 0.25) is 0 Å². The minimum absolute atomic E-state index is 0.0325. The Kier molecular flexibility index (Phi) is 3640. The maximum Gasteiger partial charge on any atom is 0.333 e. The fourth-order valence-corrected chi connectivity index (χ4v) is 0.515. The molecule has 0 aromatic heterocycles. The van der Waals surface area contributed by atoms with Gasteiger partial charge in [0.25, 0.3) is 0 Å². The number of esters is 2. The number of hydrogen-bond donors (Lipinski definition) is 0. The highest BCUT2D eigenvalue weighted by Crippen LogP contribution is 1.94. The predicted octanol–water partition coefficient (Wildman–Crippen LogP) is 18.1. The van der Waals surface area contributed by atoms with Gasteiger partial charge >= 0.3 is 11.9 Å². The molecule has 330 valence electrons. The van der Waals surface area contributed by atoms with Crippen LogP contribution in [0.3, 0.4) is 0 Å². The van der Waals surface area contributed by atoms with Crippen LogP contribution in [0.4, 0.5) is 0 Å². The number of rotatable bonds is 5. The third kappa shape index (κ3) is 1570. The molecule has 0 radical (unpaired) electrons. The van der Waals surface area contributed by atoms with Crippen molar-refractivity contribution in [3.63, 3.8) is 0 Å². The molecule has 0 saturated heterocycles. The van der Waals surface area contributed by atoms with Crippen LogP contribution in [0.2, 0.25) is 0 Å². The minimum Gasteiger partial charge on any atom is -0.459 e. The first-order valence-electron chi connectivity index (χ1n) is 14.6. The van der Waals surface area contributed by atoms with Gasteiger partial charge in [-0.3, -0.25) is 0 Å². The van der Waals surface area contributed by atoms with Gasteiger partial charge in [-0.1, -0.05) is 13.2 Å². The molecule has 0 aliphatic carbocycles. The number of carbonyl (C=O) groups excluding carboxylic acids is 2. The molecule has 0 aromatic rings. The second-order valence-corrected chi connectivity index (χ2v) is 2.83. The van der Waals surface area contributed by atoms with E-state index in [1.54, 1.807) is 13.8 Å².